The Labute approximate surface area is 73.9 Å². The van der Waals surface area contributed by atoms with Gasteiger partial charge in [0.2, 0.25) is 0 Å². The molecule has 0 saturated heterocycles. The standard InChI is InChI=1S/C7H7ClFNS/c8-7-2-1-6(9)3-5(7)4-11-10/h1-3H,4,10H2. The summed E-state index contributed by atoms with van der Waals surface area (Å²) in [6.45, 7) is 0. The van der Waals surface area contributed by atoms with Crippen molar-refractivity contribution in [1.82, 2.24) is 0 Å². The minimum Gasteiger partial charge on any atom is -0.278 e. The maximum Gasteiger partial charge on any atom is 0.123 e. The fourth-order valence-corrected chi connectivity index (χ4v) is 1.43. The van der Waals surface area contributed by atoms with Crippen LogP contribution in [0.5, 0.6) is 0 Å². The minimum absolute atomic E-state index is 0.279. The number of benzene rings is 1. The van der Waals surface area contributed by atoms with Gasteiger partial charge in [0.15, 0.2) is 0 Å². The number of halogens is 2. The molecule has 0 aliphatic rings. The van der Waals surface area contributed by atoms with Crippen molar-refractivity contribution in [2.75, 3.05) is 0 Å². The van der Waals surface area contributed by atoms with Gasteiger partial charge < -0.3 is 0 Å². The van der Waals surface area contributed by atoms with Gasteiger partial charge in [0.1, 0.15) is 5.82 Å². The highest BCUT2D eigenvalue weighted by molar-refractivity contribution is 7.96. The monoisotopic (exact) mass is 191 g/mol. The number of rotatable bonds is 2. The van der Waals surface area contributed by atoms with Crippen molar-refractivity contribution in [3.05, 3.63) is 34.6 Å². The molecule has 1 nitrogen and oxygen atoms in total. The summed E-state index contributed by atoms with van der Waals surface area (Å²) in [4.78, 5) is 0. The van der Waals surface area contributed by atoms with Crippen LogP contribution in [0.25, 0.3) is 0 Å². The highest BCUT2D eigenvalue weighted by Crippen LogP contribution is 2.19. The molecule has 0 unspecified atom stereocenters. The highest BCUT2D eigenvalue weighted by atomic mass is 35.5. The first kappa shape index (κ1) is 8.84. The molecule has 60 valence electrons. The highest BCUT2D eigenvalue weighted by Gasteiger charge is 2.00. The third-order valence-corrected chi connectivity index (χ3v) is 2.09. The van der Waals surface area contributed by atoms with Crippen LogP contribution >= 0.6 is 23.5 Å². The van der Waals surface area contributed by atoms with E-state index in [1.54, 1.807) is 0 Å². The molecule has 0 aliphatic carbocycles. The Hall–Kier alpha value is -0.250. The van der Waals surface area contributed by atoms with Crippen LogP contribution in [0.2, 0.25) is 5.02 Å². The summed E-state index contributed by atoms with van der Waals surface area (Å²) in [5, 5.41) is 5.77. The maximum absolute atomic E-state index is 12.6. The fourth-order valence-electron chi connectivity index (χ4n) is 0.744. The van der Waals surface area contributed by atoms with E-state index in [0.717, 1.165) is 17.5 Å². The molecule has 0 bridgehead atoms. The van der Waals surface area contributed by atoms with Crippen LogP contribution in [-0.4, -0.2) is 0 Å². The maximum atomic E-state index is 12.6. The smallest absolute Gasteiger partial charge is 0.123 e. The van der Waals surface area contributed by atoms with Gasteiger partial charge in [-0.1, -0.05) is 23.5 Å². The van der Waals surface area contributed by atoms with E-state index < -0.39 is 0 Å². The van der Waals surface area contributed by atoms with Gasteiger partial charge >= 0.3 is 0 Å². The van der Waals surface area contributed by atoms with Crippen LogP contribution in [0.1, 0.15) is 5.56 Å². The van der Waals surface area contributed by atoms with Crippen molar-refractivity contribution in [2.24, 2.45) is 5.14 Å². The van der Waals surface area contributed by atoms with Gasteiger partial charge in [-0.25, -0.2) is 4.39 Å². The van der Waals surface area contributed by atoms with Crippen molar-refractivity contribution in [1.29, 1.82) is 0 Å². The molecule has 0 spiro atoms. The van der Waals surface area contributed by atoms with Crippen LogP contribution in [0, 0.1) is 5.82 Å². The lowest BCUT2D eigenvalue weighted by Gasteiger charge is -2.00. The largest absolute Gasteiger partial charge is 0.278 e. The molecule has 0 atom stereocenters. The lowest BCUT2D eigenvalue weighted by molar-refractivity contribution is 0.626. The van der Waals surface area contributed by atoms with Crippen LogP contribution < -0.4 is 5.14 Å². The van der Waals surface area contributed by atoms with E-state index in [2.05, 4.69) is 0 Å². The number of hydrogen-bond donors (Lipinski definition) is 1. The van der Waals surface area contributed by atoms with E-state index in [9.17, 15) is 4.39 Å². The predicted octanol–water partition coefficient (Wildman–Crippen LogP) is 2.59. The molecular formula is C7H7ClFNS. The van der Waals surface area contributed by atoms with E-state index in [1.165, 1.54) is 18.2 Å². The summed E-state index contributed by atoms with van der Waals surface area (Å²) in [5.41, 5.74) is 0.735. The second-order valence-corrected chi connectivity index (χ2v) is 3.08. The second-order valence-electron chi connectivity index (χ2n) is 2.05. The number of nitrogens with two attached hydrogens (primary N) is 1. The lowest BCUT2D eigenvalue weighted by atomic mass is 10.2. The molecule has 0 aliphatic heterocycles. The summed E-state index contributed by atoms with van der Waals surface area (Å²) in [7, 11) is 0. The molecule has 1 aromatic carbocycles. The van der Waals surface area contributed by atoms with Crippen molar-refractivity contribution >= 4 is 23.5 Å². The average Bonchev–Trinajstić information content (AvgIpc) is 1.98. The molecule has 1 rings (SSSR count). The average molecular weight is 192 g/mol. The Morgan fingerprint density at radius 1 is 1.55 bits per heavy atom. The topological polar surface area (TPSA) is 26.0 Å². The van der Waals surface area contributed by atoms with Crippen LogP contribution in [-0.2, 0) is 5.75 Å². The summed E-state index contributed by atoms with van der Waals surface area (Å²) < 4.78 is 12.6. The Morgan fingerprint density at radius 3 is 2.91 bits per heavy atom. The molecule has 4 heteroatoms. The van der Waals surface area contributed by atoms with Crippen LogP contribution in [0.4, 0.5) is 4.39 Å². The molecular weight excluding hydrogens is 185 g/mol. The van der Waals surface area contributed by atoms with Gasteiger partial charge in [-0.15, -0.1) is 0 Å². The van der Waals surface area contributed by atoms with Gasteiger partial charge in [-0.05, 0) is 23.8 Å². The zero-order valence-corrected chi connectivity index (χ0v) is 7.25. The van der Waals surface area contributed by atoms with Crippen molar-refractivity contribution in [3.8, 4) is 0 Å². The summed E-state index contributed by atoms with van der Waals surface area (Å²) >= 11 is 6.87. The molecule has 0 saturated carbocycles. The normalized spacial score (nSPS) is 10.1. The predicted molar refractivity (Wildman–Crippen MR) is 46.9 cm³/mol. The first-order valence-electron chi connectivity index (χ1n) is 2.99. The zero-order chi connectivity index (χ0) is 8.27. The molecule has 11 heavy (non-hydrogen) atoms. The van der Waals surface area contributed by atoms with Crippen molar-refractivity contribution < 1.29 is 4.39 Å². The van der Waals surface area contributed by atoms with Gasteiger partial charge in [-0.2, -0.15) is 0 Å². The molecule has 0 aromatic heterocycles. The zero-order valence-electron chi connectivity index (χ0n) is 5.68. The van der Waals surface area contributed by atoms with Crippen molar-refractivity contribution in [3.63, 3.8) is 0 Å². The lowest BCUT2D eigenvalue weighted by Crippen LogP contribution is -1.87. The Bertz CT molecular complexity index is 254. The van der Waals surface area contributed by atoms with Gasteiger partial charge in [-0.3, -0.25) is 5.14 Å². The SMILES string of the molecule is NSCc1cc(F)ccc1Cl. The number of hydrogen-bond acceptors (Lipinski definition) is 2. The third kappa shape index (κ3) is 2.36. The van der Waals surface area contributed by atoms with Crippen LogP contribution in [0.3, 0.4) is 0 Å². The fraction of sp³-hybridized carbons (Fsp3) is 0.143. The summed E-state index contributed by atoms with van der Waals surface area (Å²) in [6, 6.07) is 4.25. The first-order valence-corrected chi connectivity index (χ1v) is 4.42. The Morgan fingerprint density at radius 2 is 2.27 bits per heavy atom. The van der Waals surface area contributed by atoms with E-state index >= 15 is 0 Å². The first-order chi connectivity index (χ1) is 5.24. The van der Waals surface area contributed by atoms with E-state index in [-0.39, 0.29) is 5.82 Å². The molecule has 0 heterocycles. The molecule has 2 N–H and O–H groups in total. The summed E-state index contributed by atoms with van der Waals surface area (Å²) in [5.74, 6) is 0.259. The van der Waals surface area contributed by atoms with Crippen molar-refractivity contribution in [2.45, 2.75) is 5.75 Å². The summed E-state index contributed by atoms with van der Waals surface area (Å²) in [6.07, 6.45) is 0. The van der Waals surface area contributed by atoms with Crippen LogP contribution in [0.15, 0.2) is 18.2 Å². The molecule has 1 aromatic rings. The van der Waals surface area contributed by atoms with Gasteiger partial charge in [0, 0.05) is 10.8 Å². The molecule has 0 radical (unpaired) electrons. The van der Waals surface area contributed by atoms with Gasteiger partial charge in [0.25, 0.3) is 0 Å². The van der Waals surface area contributed by atoms with E-state index in [0.29, 0.717) is 10.8 Å². The van der Waals surface area contributed by atoms with E-state index in [1.807, 2.05) is 0 Å². The van der Waals surface area contributed by atoms with Gasteiger partial charge in [0.05, 0.1) is 0 Å². The second kappa shape index (κ2) is 3.95. The third-order valence-electron chi connectivity index (χ3n) is 1.25. The Kier molecular flexibility index (Phi) is 3.17. The molecule has 0 amide bonds. The molecule has 0 fully saturated rings. The van der Waals surface area contributed by atoms with E-state index in [4.69, 9.17) is 16.7 Å². The minimum atomic E-state index is -0.279. The quantitative estimate of drug-likeness (QED) is 0.728. The Balaban J connectivity index is 2.93.